The molecule has 9 heteroatoms. The van der Waals surface area contributed by atoms with Crippen molar-refractivity contribution in [2.75, 3.05) is 17.2 Å². The summed E-state index contributed by atoms with van der Waals surface area (Å²) in [7, 11) is 0. The van der Waals surface area contributed by atoms with Crippen LogP contribution in [-0.4, -0.2) is 18.4 Å². The molecule has 3 aromatic rings. The number of ether oxygens (including phenoxy) is 1. The second kappa shape index (κ2) is 11.8. The molecule has 0 radical (unpaired) electrons. The van der Waals surface area contributed by atoms with Crippen LogP contribution in [0.3, 0.4) is 0 Å². The molecule has 0 aliphatic rings. The molecule has 0 fully saturated rings. The minimum atomic E-state index is -0.565. The molecular weight excluding hydrogens is 509 g/mol. The first-order valence-corrected chi connectivity index (χ1v) is 11.5. The molecule has 178 valence electrons. The topological polar surface area (TPSA) is 91.2 Å². The number of halogens is 3. The normalized spacial score (nSPS) is 10.9. The van der Waals surface area contributed by atoms with E-state index in [0.29, 0.717) is 22.0 Å². The van der Waals surface area contributed by atoms with Gasteiger partial charge >= 0.3 is 0 Å². The Hall–Kier alpha value is -3.50. The minimum Gasteiger partial charge on any atom is -0.481 e. The van der Waals surface area contributed by atoms with Gasteiger partial charge in [-0.2, -0.15) is 5.26 Å². The van der Waals surface area contributed by atoms with E-state index in [4.69, 9.17) is 39.5 Å². The number of nitriles is 1. The molecule has 0 aromatic heterocycles. The molecule has 0 unspecified atom stereocenters. The van der Waals surface area contributed by atoms with E-state index in [1.807, 2.05) is 32.0 Å². The van der Waals surface area contributed by atoms with E-state index in [9.17, 15) is 14.9 Å². The molecule has 3 rings (SSSR count). The van der Waals surface area contributed by atoms with E-state index < -0.39 is 11.8 Å². The first-order valence-electron chi connectivity index (χ1n) is 10.3. The van der Waals surface area contributed by atoms with Gasteiger partial charge in [-0.15, -0.1) is 0 Å². The molecule has 3 aromatic carbocycles. The molecule has 0 saturated carbocycles. The Morgan fingerprint density at radius 1 is 0.943 bits per heavy atom. The summed E-state index contributed by atoms with van der Waals surface area (Å²) in [6, 6.07) is 17.2. The summed E-state index contributed by atoms with van der Waals surface area (Å²) in [6.45, 7) is 3.45. The van der Waals surface area contributed by atoms with Crippen molar-refractivity contribution < 1.29 is 14.3 Å². The maximum absolute atomic E-state index is 12.7. The van der Waals surface area contributed by atoms with Gasteiger partial charge in [-0.3, -0.25) is 9.59 Å². The standard InChI is InChI=1S/C26H20Cl3N3O3/c1-15-6-5-9-22(16(15)2)32-26(34)18(13-30)10-17-11-20(28)25(21(29)12-17)35-14-24(33)31-23-8-4-3-7-19(23)27/h3-12H,14H2,1-2H3,(H,31,33)(H,32,34)/b18-10-. The lowest BCUT2D eigenvalue weighted by Crippen LogP contribution is -2.20. The maximum atomic E-state index is 12.7. The zero-order valence-corrected chi connectivity index (χ0v) is 21.1. The van der Waals surface area contributed by atoms with Crippen LogP contribution in [0.5, 0.6) is 5.75 Å². The van der Waals surface area contributed by atoms with Crippen molar-refractivity contribution in [1.82, 2.24) is 0 Å². The summed E-state index contributed by atoms with van der Waals surface area (Å²) >= 11 is 18.6. The summed E-state index contributed by atoms with van der Waals surface area (Å²) in [5.41, 5.74) is 3.27. The lowest BCUT2D eigenvalue weighted by Gasteiger charge is -2.12. The van der Waals surface area contributed by atoms with Gasteiger partial charge in [-0.25, -0.2) is 0 Å². The van der Waals surface area contributed by atoms with E-state index in [0.717, 1.165) is 11.1 Å². The number of hydrogen-bond donors (Lipinski definition) is 2. The number of hydrogen-bond acceptors (Lipinski definition) is 4. The molecule has 0 saturated heterocycles. The van der Waals surface area contributed by atoms with Crippen LogP contribution < -0.4 is 15.4 Å². The van der Waals surface area contributed by atoms with Crippen molar-refractivity contribution in [3.8, 4) is 11.8 Å². The number of aryl methyl sites for hydroxylation is 1. The number of carbonyl (C=O) groups excluding carboxylic acids is 2. The number of nitrogens with zero attached hydrogens (tertiary/aromatic N) is 1. The van der Waals surface area contributed by atoms with E-state index in [2.05, 4.69) is 10.6 Å². The van der Waals surface area contributed by atoms with Crippen molar-refractivity contribution in [3.63, 3.8) is 0 Å². The number of benzene rings is 3. The highest BCUT2D eigenvalue weighted by Crippen LogP contribution is 2.35. The first-order chi connectivity index (χ1) is 16.7. The van der Waals surface area contributed by atoms with Gasteiger partial charge in [0, 0.05) is 5.69 Å². The van der Waals surface area contributed by atoms with Gasteiger partial charge in [-0.05, 0) is 66.9 Å². The average molecular weight is 529 g/mol. The largest absolute Gasteiger partial charge is 0.481 e. The van der Waals surface area contributed by atoms with Gasteiger partial charge in [-0.1, -0.05) is 59.1 Å². The fourth-order valence-corrected chi connectivity index (χ4v) is 3.87. The van der Waals surface area contributed by atoms with Crippen molar-refractivity contribution in [1.29, 1.82) is 5.26 Å². The predicted molar refractivity (Wildman–Crippen MR) is 140 cm³/mol. The number of carbonyl (C=O) groups is 2. The second-order valence-electron chi connectivity index (χ2n) is 7.50. The minimum absolute atomic E-state index is 0.0955. The Kier molecular flexibility index (Phi) is 8.78. The van der Waals surface area contributed by atoms with E-state index in [-0.39, 0.29) is 28.0 Å². The van der Waals surface area contributed by atoms with Crippen molar-refractivity contribution in [3.05, 3.63) is 91.9 Å². The van der Waals surface area contributed by atoms with Crippen molar-refractivity contribution in [2.24, 2.45) is 0 Å². The lowest BCUT2D eigenvalue weighted by atomic mass is 10.1. The van der Waals surface area contributed by atoms with Crippen LogP contribution >= 0.6 is 34.8 Å². The fourth-order valence-electron chi connectivity index (χ4n) is 3.08. The highest BCUT2D eigenvalue weighted by Gasteiger charge is 2.15. The van der Waals surface area contributed by atoms with Gasteiger partial charge in [0.25, 0.3) is 11.8 Å². The van der Waals surface area contributed by atoms with Gasteiger partial charge in [0.2, 0.25) is 0 Å². The number of anilines is 2. The summed E-state index contributed by atoms with van der Waals surface area (Å²) in [5.74, 6) is -0.924. The van der Waals surface area contributed by atoms with E-state index in [1.54, 1.807) is 30.3 Å². The first kappa shape index (κ1) is 26.1. The summed E-state index contributed by atoms with van der Waals surface area (Å²) in [5, 5.41) is 15.5. The molecule has 35 heavy (non-hydrogen) atoms. The molecule has 0 aliphatic heterocycles. The van der Waals surface area contributed by atoms with Gasteiger partial charge in [0.1, 0.15) is 11.6 Å². The SMILES string of the molecule is Cc1cccc(NC(=O)/C(C#N)=C\c2cc(Cl)c(OCC(=O)Nc3ccccc3Cl)c(Cl)c2)c1C. The number of nitrogens with one attached hydrogen (secondary N) is 2. The molecule has 6 nitrogen and oxygen atoms in total. The molecule has 0 aliphatic carbocycles. The van der Waals surface area contributed by atoms with Crippen LogP contribution in [0.25, 0.3) is 6.08 Å². The molecular formula is C26H20Cl3N3O3. The third kappa shape index (κ3) is 6.77. The fraction of sp³-hybridized carbons (Fsp3) is 0.115. The zero-order valence-electron chi connectivity index (χ0n) is 18.8. The quantitative estimate of drug-likeness (QED) is 0.260. The summed E-state index contributed by atoms with van der Waals surface area (Å²) in [6.07, 6.45) is 1.37. The monoisotopic (exact) mass is 527 g/mol. The van der Waals surface area contributed by atoms with Crippen molar-refractivity contribution >= 4 is 64.1 Å². The molecule has 0 heterocycles. The molecule has 0 bridgehead atoms. The molecule has 0 atom stereocenters. The average Bonchev–Trinajstić information content (AvgIpc) is 2.81. The smallest absolute Gasteiger partial charge is 0.266 e. The lowest BCUT2D eigenvalue weighted by molar-refractivity contribution is -0.118. The van der Waals surface area contributed by atoms with Crippen LogP contribution in [0, 0.1) is 25.2 Å². The number of para-hydroxylation sites is 1. The predicted octanol–water partition coefficient (Wildman–Crippen LogP) is 6.83. The maximum Gasteiger partial charge on any atom is 0.266 e. The van der Waals surface area contributed by atoms with Gasteiger partial charge < -0.3 is 15.4 Å². The van der Waals surface area contributed by atoms with Gasteiger partial charge in [0.05, 0.1) is 20.8 Å². The second-order valence-corrected chi connectivity index (χ2v) is 8.72. The summed E-state index contributed by atoms with van der Waals surface area (Å²) in [4.78, 5) is 24.9. The Morgan fingerprint density at radius 3 is 2.26 bits per heavy atom. The highest BCUT2D eigenvalue weighted by atomic mass is 35.5. The summed E-state index contributed by atoms with van der Waals surface area (Å²) < 4.78 is 5.49. The third-order valence-corrected chi connectivity index (χ3v) is 5.94. The zero-order chi connectivity index (χ0) is 25.5. The van der Waals surface area contributed by atoms with E-state index >= 15 is 0 Å². The Labute approximate surface area is 218 Å². The van der Waals surface area contributed by atoms with Crippen LogP contribution in [0.15, 0.2) is 60.2 Å². The van der Waals surface area contributed by atoms with Crippen LogP contribution in [-0.2, 0) is 9.59 Å². The molecule has 2 N–H and O–H groups in total. The Morgan fingerprint density at radius 2 is 1.60 bits per heavy atom. The molecule has 2 amide bonds. The van der Waals surface area contributed by atoms with Crippen LogP contribution in [0.1, 0.15) is 16.7 Å². The Balaban J connectivity index is 1.72. The highest BCUT2D eigenvalue weighted by molar-refractivity contribution is 6.37. The van der Waals surface area contributed by atoms with Gasteiger partial charge in [0.15, 0.2) is 12.4 Å². The number of rotatable bonds is 7. The molecule has 0 spiro atoms. The number of amides is 2. The van der Waals surface area contributed by atoms with Crippen LogP contribution in [0.4, 0.5) is 11.4 Å². The van der Waals surface area contributed by atoms with Crippen LogP contribution in [0.2, 0.25) is 15.1 Å². The van der Waals surface area contributed by atoms with E-state index in [1.165, 1.54) is 18.2 Å². The Bertz CT molecular complexity index is 1340. The van der Waals surface area contributed by atoms with Crippen molar-refractivity contribution in [2.45, 2.75) is 13.8 Å². The third-order valence-electron chi connectivity index (χ3n) is 5.05.